The van der Waals surface area contributed by atoms with Crippen LogP contribution in [0.3, 0.4) is 0 Å². The van der Waals surface area contributed by atoms with E-state index in [1.165, 1.54) is 11.1 Å². The van der Waals surface area contributed by atoms with Gasteiger partial charge in [0.05, 0.1) is 13.2 Å². The molecule has 0 radical (unpaired) electrons. The first-order chi connectivity index (χ1) is 9.16. The Morgan fingerprint density at radius 1 is 1.26 bits per heavy atom. The Kier molecular flexibility index (Phi) is 5.23. The largest absolute Gasteiger partial charge is 0.492 e. The van der Waals surface area contributed by atoms with E-state index in [2.05, 4.69) is 43.9 Å². The lowest BCUT2D eigenvalue weighted by molar-refractivity contribution is 0.0322. The zero-order valence-electron chi connectivity index (χ0n) is 12.3. The molecule has 1 aliphatic heterocycles. The fourth-order valence-corrected chi connectivity index (χ4v) is 2.45. The van der Waals surface area contributed by atoms with Crippen molar-refractivity contribution in [3.05, 3.63) is 29.3 Å². The topological polar surface area (TPSA) is 21.7 Å². The molecule has 0 spiro atoms. The summed E-state index contributed by atoms with van der Waals surface area (Å²) in [5, 5.41) is 0. The quantitative estimate of drug-likeness (QED) is 0.815. The van der Waals surface area contributed by atoms with Crippen LogP contribution in [0.4, 0.5) is 0 Å². The van der Waals surface area contributed by atoms with Crippen LogP contribution < -0.4 is 4.74 Å². The molecule has 1 aromatic rings. The van der Waals surface area contributed by atoms with E-state index in [1.54, 1.807) is 0 Å². The summed E-state index contributed by atoms with van der Waals surface area (Å²) in [6.07, 6.45) is 0. The molecule has 0 saturated carbocycles. The molecule has 0 N–H and O–H groups in total. The highest BCUT2D eigenvalue weighted by molar-refractivity contribution is 5.36. The Labute approximate surface area is 116 Å². The number of aryl methyl sites for hydroxylation is 1. The molecule has 0 bridgehead atoms. The first kappa shape index (κ1) is 14.4. The maximum absolute atomic E-state index is 5.87. The molecule has 0 atom stereocenters. The summed E-state index contributed by atoms with van der Waals surface area (Å²) >= 11 is 0. The van der Waals surface area contributed by atoms with Gasteiger partial charge in [0, 0.05) is 19.6 Å². The number of hydrogen-bond donors (Lipinski definition) is 0. The second kappa shape index (κ2) is 6.92. The van der Waals surface area contributed by atoms with Gasteiger partial charge in [-0.2, -0.15) is 0 Å². The molecule has 19 heavy (non-hydrogen) atoms. The zero-order chi connectivity index (χ0) is 13.7. The van der Waals surface area contributed by atoms with Crippen molar-refractivity contribution in [1.29, 1.82) is 0 Å². The predicted molar refractivity (Wildman–Crippen MR) is 78.0 cm³/mol. The van der Waals surface area contributed by atoms with Gasteiger partial charge in [-0.05, 0) is 36.1 Å². The van der Waals surface area contributed by atoms with Crippen molar-refractivity contribution in [1.82, 2.24) is 4.90 Å². The molecule has 0 unspecified atom stereocenters. The number of nitrogens with zero attached hydrogens (tertiary/aromatic N) is 1. The molecule has 1 aliphatic rings. The van der Waals surface area contributed by atoms with Crippen molar-refractivity contribution >= 4 is 0 Å². The zero-order valence-corrected chi connectivity index (χ0v) is 12.3. The molecule has 0 aromatic heterocycles. The van der Waals surface area contributed by atoms with E-state index in [0.29, 0.717) is 5.92 Å². The van der Waals surface area contributed by atoms with Crippen LogP contribution in [0.1, 0.15) is 30.9 Å². The minimum absolute atomic E-state index is 0.544. The van der Waals surface area contributed by atoms with E-state index in [0.717, 1.165) is 45.2 Å². The van der Waals surface area contributed by atoms with Crippen LogP contribution in [0, 0.1) is 6.92 Å². The van der Waals surface area contributed by atoms with Gasteiger partial charge in [0.25, 0.3) is 0 Å². The molecular weight excluding hydrogens is 238 g/mol. The van der Waals surface area contributed by atoms with E-state index in [4.69, 9.17) is 9.47 Å². The molecule has 106 valence electrons. The summed E-state index contributed by atoms with van der Waals surface area (Å²) in [7, 11) is 0. The summed E-state index contributed by atoms with van der Waals surface area (Å²) in [4.78, 5) is 2.39. The molecule has 1 fully saturated rings. The number of morpholine rings is 1. The Bertz CT molecular complexity index is 398. The van der Waals surface area contributed by atoms with Crippen LogP contribution in [-0.2, 0) is 4.74 Å². The Morgan fingerprint density at radius 3 is 2.68 bits per heavy atom. The predicted octanol–water partition coefficient (Wildman–Crippen LogP) is 2.83. The second-order valence-electron chi connectivity index (χ2n) is 5.48. The summed E-state index contributed by atoms with van der Waals surface area (Å²) in [6.45, 7) is 12.1. The third kappa shape index (κ3) is 4.22. The van der Waals surface area contributed by atoms with Gasteiger partial charge in [0.15, 0.2) is 0 Å². The van der Waals surface area contributed by atoms with Gasteiger partial charge in [-0.25, -0.2) is 0 Å². The van der Waals surface area contributed by atoms with Crippen LogP contribution in [0.25, 0.3) is 0 Å². The van der Waals surface area contributed by atoms with Gasteiger partial charge in [-0.15, -0.1) is 0 Å². The van der Waals surface area contributed by atoms with E-state index >= 15 is 0 Å². The second-order valence-corrected chi connectivity index (χ2v) is 5.48. The third-order valence-corrected chi connectivity index (χ3v) is 3.65. The first-order valence-electron chi connectivity index (χ1n) is 7.20. The molecule has 0 aliphatic carbocycles. The van der Waals surface area contributed by atoms with Gasteiger partial charge >= 0.3 is 0 Å². The van der Waals surface area contributed by atoms with E-state index in [9.17, 15) is 0 Å². The fourth-order valence-electron chi connectivity index (χ4n) is 2.45. The van der Waals surface area contributed by atoms with Crippen LogP contribution in [0.2, 0.25) is 0 Å². The van der Waals surface area contributed by atoms with Crippen molar-refractivity contribution in [2.24, 2.45) is 0 Å². The molecule has 2 rings (SSSR count). The maximum Gasteiger partial charge on any atom is 0.119 e. The first-order valence-corrected chi connectivity index (χ1v) is 7.20. The third-order valence-electron chi connectivity index (χ3n) is 3.65. The molecule has 1 aromatic carbocycles. The molecule has 1 saturated heterocycles. The van der Waals surface area contributed by atoms with Gasteiger partial charge in [0.1, 0.15) is 12.4 Å². The Balaban J connectivity index is 1.83. The minimum Gasteiger partial charge on any atom is -0.492 e. The monoisotopic (exact) mass is 263 g/mol. The van der Waals surface area contributed by atoms with E-state index in [-0.39, 0.29) is 0 Å². The number of hydrogen-bond acceptors (Lipinski definition) is 3. The van der Waals surface area contributed by atoms with Crippen LogP contribution >= 0.6 is 0 Å². The Hall–Kier alpha value is -1.06. The van der Waals surface area contributed by atoms with Crippen molar-refractivity contribution in [2.75, 3.05) is 39.5 Å². The van der Waals surface area contributed by atoms with Crippen molar-refractivity contribution in [2.45, 2.75) is 26.7 Å². The molecular formula is C16H25NO2. The smallest absolute Gasteiger partial charge is 0.119 e. The molecule has 3 heteroatoms. The molecule has 3 nitrogen and oxygen atoms in total. The fraction of sp³-hybridized carbons (Fsp3) is 0.625. The summed E-state index contributed by atoms with van der Waals surface area (Å²) in [5.41, 5.74) is 2.72. The average molecular weight is 263 g/mol. The minimum atomic E-state index is 0.544. The van der Waals surface area contributed by atoms with Crippen molar-refractivity contribution in [3.63, 3.8) is 0 Å². The number of benzene rings is 1. The lowest BCUT2D eigenvalue weighted by Gasteiger charge is -2.26. The number of ether oxygens (including phenoxy) is 2. The lowest BCUT2D eigenvalue weighted by atomic mass is 9.98. The SMILES string of the molecule is Cc1ccc(OCCN2CCOCC2)cc1C(C)C. The molecule has 1 heterocycles. The molecule has 0 amide bonds. The van der Waals surface area contributed by atoms with Gasteiger partial charge in [-0.3, -0.25) is 4.90 Å². The van der Waals surface area contributed by atoms with Crippen molar-refractivity contribution in [3.8, 4) is 5.75 Å². The van der Waals surface area contributed by atoms with Crippen LogP contribution in [0.5, 0.6) is 5.75 Å². The van der Waals surface area contributed by atoms with Crippen LogP contribution in [0.15, 0.2) is 18.2 Å². The summed E-state index contributed by atoms with van der Waals surface area (Å²) in [6, 6.07) is 6.40. The summed E-state index contributed by atoms with van der Waals surface area (Å²) < 4.78 is 11.2. The van der Waals surface area contributed by atoms with Crippen LogP contribution in [-0.4, -0.2) is 44.4 Å². The summed E-state index contributed by atoms with van der Waals surface area (Å²) in [5.74, 6) is 1.53. The van der Waals surface area contributed by atoms with Gasteiger partial charge < -0.3 is 9.47 Å². The van der Waals surface area contributed by atoms with E-state index in [1.807, 2.05) is 0 Å². The highest BCUT2D eigenvalue weighted by Crippen LogP contribution is 2.24. The highest BCUT2D eigenvalue weighted by atomic mass is 16.5. The van der Waals surface area contributed by atoms with Gasteiger partial charge in [0.2, 0.25) is 0 Å². The standard InChI is InChI=1S/C16H25NO2/c1-13(2)16-12-15(5-4-14(16)3)19-11-8-17-6-9-18-10-7-17/h4-5,12-13H,6-11H2,1-3H3. The van der Waals surface area contributed by atoms with Gasteiger partial charge in [-0.1, -0.05) is 19.9 Å². The average Bonchev–Trinajstić information content (AvgIpc) is 2.41. The Morgan fingerprint density at radius 2 is 2.00 bits per heavy atom. The van der Waals surface area contributed by atoms with E-state index < -0.39 is 0 Å². The number of rotatable bonds is 5. The maximum atomic E-state index is 5.87. The normalized spacial score (nSPS) is 16.8. The highest BCUT2D eigenvalue weighted by Gasteiger charge is 2.10. The lowest BCUT2D eigenvalue weighted by Crippen LogP contribution is -2.38. The van der Waals surface area contributed by atoms with Crippen molar-refractivity contribution < 1.29 is 9.47 Å².